The van der Waals surface area contributed by atoms with E-state index in [9.17, 15) is 13.6 Å². The Morgan fingerprint density at radius 1 is 1.12 bits per heavy atom. The first-order valence-electron chi connectivity index (χ1n) is 11.2. The third-order valence-corrected chi connectivity index (χ3v) is 5.40. The lowest BCUT2D eigenvalue weighted by Gasteiger charge is -2.36. The average Bonchev–Trinajstić information content (AvgIpc) is 2.78. The van der Waals surface area contributed by atoms with Crippen molar-refractivity contribution in [1.82, 2.24) is 10.2 Å². The van der Waals surface area contributed by atoms with Crippen LogP contribution in [-0.4, -0.2) is 49.5 Å². The maximum Gasteiger partial charge on any atom is 0.410 e. The molecule has 0 radical (unpaired) electrons. The van der Waals surface area contributed by atoms with Gasteiger partial charge in [-0.1, -0.05) is 38.1 Å². The predicted molar refractivity (Wildman–Crippen MR) is 120 cm³/mol. The molecule has 1 heterocycles. The number of hydrogen-bond acceptors (Lipinski definition) is 4. The van der Waals surface area contributed by atoms with Crippen molar-refractivity contribution in [2.24, 2.45) is 5.92 Å². The highest BCUT2D eigenvalue weighted by Crippen LogP contribution is 2.20. The molecule has 2 atom stereocenters. The van der Waals surface area contributed by atoms with Gasteiger partial charge in [-0.2, -0.15) is 0 Å². The monoisotopic (exact) mass is 446 g/mol. The summed E-state index contributed by atoms with van der Waals surface area (Å²) >= 11 is 0. The summed E-state index contributed by atoms with van der Waals surface area (Å²) in [6, 6.07) is 13.0. The van der Waals surface area contributed by atoms with Crippen LogP contribution >= 0.6 is 0 Å². The van der Waals surface area contributed by atoms with E-state index in [2.05, 4.69) is 19.2 Å². The Bertz CT molecular complexity index is 843. The molecule has 1 saturated heterocycles. The molecule has 32 heavy (non-hydrogen) atoms. The number of rotatable bonds is 9. The number of nitrogens with one attached hydrogen (secondary N) is 1. The number of ether oxygens (including phenoxy) is 2. The van der Waals surface area contributed by atoms with Crippen LogP contribution in [0.25, 0.3) is 0 Å². The second-order valence-corrected chi connectivity index (χ2v) is 8.54. The Hall–Kier alpha value is -2.67. The van der Waals surface area contributed by atoms with Gasteiger partial charge in [0.2, 0.25) is 0 Å². The topological polar surface area (TPSA) is 50.8 Å². The van der Waals surface area contributed by atoms with Gasteiger partial charge < -0.3 is 14.8 Å². The van der Waals surface area contributed by atoms with E-state index in [1.54, 1.807) is 12.1 Å². The zero-order valence-corrected chi connectivity index (χ0v) is 18.7. The molecule has 0 spiro atoms. The van der Waals surface area contributed by atoms with Crippen LogP contribution in [0.4, 0.5) is 13.6 Å². The zero-order valence-electron chi connectivity index (χ0n) is 18.7. The standard InChI is InChI=1S/C25H32F2N2O3/c1-18(2)17-32-22-9-5-19(6-10-22)12-14-31-25(30)29(24-11-13-28-15-23(24)27)16-20-3-7-21(26)8-4-20/h3-10,18,23-24,28H,11-17H2,1-2H3/t23-,24+/m0/s1. The molecule has 0 bridgehead atoms. The summed E-state index contributed by atoms with van der Waals surface area (Å²) in [4.78, 5) is 14.3. The van der Waals surface area contributed by atoms with Crippen LogP contribution < -0.4 is 10.1 Å². The van der Waals surface area contributed by atoms with Gasteiger partial charge in [0.1, 0.15) is 17.7 Å². The molecule has 2 aromatic rings. The van der Waals surface area contributed by atoms with Crippen molar-refractivity contribution in [2.45, 2.75) is 45.4 Å². The van der Waals surface area contributed by atoms with E-state index in [1.165, 1.54) is 17.0 Å². The molecule has 1 aliphatic heterocycles. The fourth-order valence-electron chi connectivity index (χ4n) is 3.62. The van der Waals surface area contributed by atoms with Gasteiger partial charge in [-0.3, -0.25) is 4.90 Å². The number of alkyl halides is 1. The number of benzene rings is 2. The van der Waals surface area contributed by atoms with Gasteiger partial charge in [0.25, 0.3) is 0 Å². The summed E-state index contributed by atoms with van der Waals surface area (Å²) < 4.78 is 39.0. The number of carbonyl (C=O) groups is 1. The van der Waals surface area contributed by atoms with E-state index in [4.69, 9.17) is 9.47 Å². The Balaban J connectivity index is 1.57. The normalized spacial score (nSPS) is 18.4. The van der Waals surface area contributed by atoms with Crippen molar-refractivity contribution < 1.29 is 23.0 Å². The summed E-state index contributed by atoms with van der Waals surface area (Å²) in [5.74, 6) is 0.911. The quantitative estimate of drug-likeness (QED) is 0.605. The van der Waals surface area contributed by atoms with Crippen LogP contribution in [0.15, 0.2) is 48.5 Å². The molecule has 1 fully saturated rings. The van der Waals surface area contributed by atoms with E-state index >= 15 is 0 Å². The Labute approximate surface area is 188 Å². The van der Waals surface area contributed by atoms with Crippen LogP contribution in [-0.2, 0) is 17.7 Å². The lowest BCUT2D eigenvalue weighted by Crippen LogP contribution is -2.53. The molecular weight excluding hydrogens is 414 g/mol. The molecule has 1 N–H and O–H groups in total. The molecule has 0 unspecified atom stereocenters. The first-order chi connectivity index (χ1) is 15.4. The van der Waals surface area contributed by atoms with Crippen molar-refractivity contribution in [3.63, 3.8) is 0 Å². The number of halogens is 2. The van der Waals surface area contributed by atoms with Gasteiger partial charge in [0, 0.05) is 19.5 Å². The van der Waals surface area contributed by atoms with Crippen molar-refractivity contribution in [2.75, 3.05) is 26.3 Å². The third-order valence-electron chi connectivity index (χ3n) is 5.40. The number of carbonyl (C=O) groups excluding carboxylic acids is 1. The van der Waals surface area contributed by atoms with Crippen molar-refractivity contribution in [1.29, 1.82) is 0 Å². The Morgan fingerprint density at radius 3 is 2.47 bits per heavy atom. The van der Waals surface area contributed by atoms with Crippen molar-refractivity contribution in [3.05, 3.63) is 65.5 Å². The van der Waals surface area contributed by atoms with Gasteiger partial charge in [-0.05, 0) is 54.3 Å². The molecule has 7 heteroatoms. The average molecular weight is 447 g/mol. The van der Waals surface area contributed by atoms with E-state index < -0.39 is 18.3 Å². The van der Waals surface area contributed by atoms with Crippen LogP contribution in [0.1, 0.15) is 31.4 Å². The van der Waals surface area contributed by atoms with E-state index in [-0.39, 0.29) is 25.5 Å². The molecule has 0 saturated carbocycles. The highest BCUT2D eigenvalue weighted by Gasteiger charge is 2.34. The lowest BCUT2D eigenvalue weighted by molar-refractivity contribution is 0.0484. The summed E-state index contributed by atoms with van der Waals surface area (Å²) in [7, 11) is 0. The van der Waals surface area contributed by atoms with E-state index in [1.807, 2.05) is 24.3 Å². The highest BCUT2D eigenvalue weighted by molar-refractivity contribution is 5.68. The van der Waals surface area contributed by atoms with E-state index in [0.29, 0.717) is 31.9 Å². The van der Waals surface area contributed by atoms with Gasteiger partial charge in [0.05, 0.1) is 19.3 Å². The number of piperidine rings is 1. The van der Waals surface area contributed by atoms with Gasteiger partial charge >= 0.3 is 6.09 Å². The number of nitrogens with zero attached hydrogens (tertiary/aromatic N) is 1. The SMILES string of the molecule is CC(C)COc1ccc(CCOC(=O)N(Cc2ccc(F)cc2)[C@@H]2CCNC[C@@H]2F)cc1. The van der Waals surface area contributed by atoms with Gasteiger partial charge in [-0.25, -0.2) is 13.6 Å². The summed E-state index contributed by atoms with van der Waals surface area (Å²) in [5.41, 5.74) is 1.75. The minimum Gasteiger partial charge on any atom is -0.493 e. The second kappa shape index (κ2) is 11.8. The molecule has 1 aliphatic rings. The van der Waals surface area contributed by atoms with Crippen LogP contribution in [0, 0.1) is 11.7 Å². The molecule has 0 aromatic heterocycles. The second-order valence-electron chi connectivity index (χ2n) is 8.54. The fourth-order valence-corrected chi connectivity index (χ4v) is 3.62. The summed E-state index contributed by atoms with van der Waals surface area (Å²) in [5, 5.41) is 3.00. The summed E-state index contributed by atoms with van der Waals surface area (Å²) in [6.07, 6.45) is -0.697. The highest BCUT2D eigenvalue weighted by atomic mass is 19.1. The molecular formula is C25H32F2N2O3. The molecule has 174 valence electrons. The van der Waals surface area contributed by atoms with Crippen LogP contribution in [0.3, 0.4) is 0 Å². The first kappa shape index (κ1) is 24.0. The molecule has 2 aromatic carbocycles. The molecule has 5 nitrogen and oxygen atoms in total. The third kappa shape index (κ3) is 7.19. The summed E-state index contributed by atoms with van der Waals surface area (Å²) in [6.45, 7) is 6.03. The first-order valence-corrected chi connectivity index (χ1v) is 11.2. The van der Waals surface area contributed by atoms with Crippen LogP contribution in [0.5, 0.6) is 5.75 Å². The predicted octanol–water partition coefficient (Wildman–Crippen LogP) is 4.74. The van der Waals surface area contributed by atoms with Crippen LogP contribution in [0.2, 0.25) is 0 Å². The van der Waals surface area contributed by atoms with Gasteiger partial charge in [0.15, 0.2) is 0 Å². The van der Waals surface area contributed by atoms with Crippen molar-refractivity contribution in [3.8, 4) is 5.75 Å². The fraction of sp³-hybridized carbons (Fsp3) is 0.480. The van der Waals surface area contributed by atoms with Gasteiger partial charge in [-0.15, -0.1) is 0 Å². The molecule has 0 aliphatic carbocycles. The Morgan fingerprint density at radius 2 is 1.81 bits per heavy atom. The smallest absolute Gasteiger partial charge is 0.410 e. The lowest BCUT2D eigenvalue weighted by atomic mass is 10.0. The number of amides is 1. The molecule has 1 amide bonds. The minimum atomic E-state index is -1.19. The van der Waals surface area contributed by atoms with E-state index in [0.717, 1.165) is 16.9 Å². The molecule has 3 rings (SSSR count). The Kier molecular flexibility index (Phi) is 8.85. The maximum absolute atomic E-state index is 14.6. The van der Waals surface area contributed by atoms with Crippen molar-refractivity contribution >= 4 is 6.09 Å². The largest absolute Gasteiger partial charge is 0.493 e. The number of hydrogen-bond donors (Lipinski definition) is 1. The maximum atomic E-state index is 14.6. The minimum absolute atomic E-state index is 0.173. The zero-order chi connectivity index (χ0) is 22.9.